The van der Waals surface area contributed by atoms with Crippen LogP contribution >= 0.6 is 0 Å². The molecule has 29 heavy (non-hydrogen) atoms. The Morgan fingerprint density at radius 2 is 0.828 bits per heavy atom. The first-order valence-electron chi connectivity index (χ1n) is 13.1. The predicted octanol–water partition coefficient (Wildman–Crippen LogP) is 9.39. The highest BCUT2D eigenvalue weighted by atomic mass is 28.4. The summed E-state index contributed by atoms with van der Waals surface area (Å²) in [5, 5.41) is 0. The van der Waals surface area contributed by atoms with Gasteiger partial charge in [-0.3, -0.25) is 4.79 Å². The maximum Gasteiger partial charge on any atom is 0.293 e. The Morgan fingerprint density at radius 1 is 0.552 bits per heavy atom. The molecule has 2 nitrogen and oxygen atoms in total. The molecule has 0 aromatic rings. The second kappa shape index (κ2) is 20.9. The molecule has 0 amide bonds. The Balaban J connectivity index is 4.59. The molecule has 0 N–H and O–H groups in total. The Bertz CT molecular complexity index is 316. The monoisotopic (exact) mass is 425 g/mol. The van der Waals surface area contributed by atoms with Gasteiger partial charge in [0.1, 0.15) is 0 Å². The van der Waals surface area contributed by atoms with E-state index >= 15 is 0 Å². The Kier molecular flexibility index (Phi) is 20.7. The summed E-state index contributed by atoms with van der Waals surface area (Å²) in [6, 6.07) is 3.51. The third-order valence-electron chi connectivity index (χ3n) is 6.29. The minimum Gasteiger partial charge on any atom is -0.519 e. The van der Waals surface area contributed by atoms with Crippen LogP contribution in [-0.2, 0) is 9.22 Å². The summed E-state index contributed by atoms with van der Waals surface area (Å²) < 4.78 is 6.11. The van der Waals surface area contributed by atoms with E-state index < -0.39 is 8.32 Å². The molecule has 0 aliphatic heterocycles. The zero-order chi connectivity index (χ0) is 21.6. The van der Waals surface area contributed by atoms with Gasteiger partial charge in [-0.05, 0) is 18.1 Å². The van der Waals surface area contributed by atoms with Crippen LogP contribution in [-0.4, -0.2) is 14.3 Å². The van der Waals surface area contributed by atoms with Crippen molar-refractivity contribution in [3.63, 3.8) is 0 Å². The van der Waals surface area contributed by atoms with Gasteiger partial charge in [-0.25, -0.2) is 0 Å². The number of rotatable bonds is 22. The molecular formula is C26H53O2Si. The van der Waals surface area contributed by atoms with Crippen molar-refractivity contribution in [3.8, 4) is 0 Å². The van der Waals surface area contributed by atoms with Crippen LogP contribution in [0, 0.1) is 6.92 Å². The van der Waals surface area contributed by atoms with Gasteiger partial charge < -0.3 is 4.43 Å². The standard InChI is InChI=1S/C26H53O2Si/c1-5-8-11-14-17-20-23-29(28-26(4)27,24-21-18-15-12-9-6-2)25-22-19-16-13-10-7-3/h4-25H2,1-3H3. The van der Waals surface area contributed by atoms with Crippen molar-refractivity contribution in [2.45, 2.75) is 154 Å². The highest BCUT2D eigenvalue weighted by Crippen LogP contribution is 2.31. The molecule has 0 saturated heterocycles. The van der Waals surface area contributed by atoms with Crippen LogP contribution in [0.15, 0.2) is 0 Å². The maximum atomic E-state index is 11.9. The van der Waals surface area contributed by atoms with Gasteiger partial charge in [0, 0.05) is 0 Å². The Hall–Kier alpha value is -0.313. The Labute approximate surface area is 185 Å². The molecule has 0 aliphatic carbocycles. The molecule has 0 aromatic heterocycles. The molecule has 0 heterocycles. The summed E-state index contributed by atoms with van der Waals surface area (Å²) in [7, 11) is -1.98. The third-order valence-corrected chi connectivity index (χ3v) is 10.7. The third kappa shape index (κ3) is 18.2. The van der Waals surface area contributed by atoms with Crippen LogP contribution in [0.2, 0.25) is 18.1 Å². The van der Waals surface area contributed by atoms with E-state index in [4.69, 9.17) is 4.43 Å². The van der Waals surface area contributed by atoms with Crippen molar-refractivity contribution < 1.29 is 9.22 Å². The average molecular weight is 426 g/mol. The van der Waals surface area contributed by atoms with Crippen LogP contribution in [0.25, 0.3) is 0 Å². The van der Waals surface area contributed by atoms with Crippen molar-refractivity contribution >= 4 is 14.3 Å². The van der Waals surface area contributed by atoms with E-state index in [1.807, 2.05) is 0 Å². The van der Waals surface area contributed by atoms with E-state index in [2.05, 4.69) is 27.7 Å². The molecule has 173 valence electrons. The molecular weight excluding hydrogens is 372 g/mol. The normalized spacial score (nSPS) is 11.7. The van der Waals surface area contributed by atoms with Crippen molar-refractivity contribution in [3.05, 3.63) is 6.92 Å². The summed E-state index contributed by atoms with van der Waals surface area (Å²) in [6.07, 6.45) is 23.7. The van der Waals surface area contributed by atoms with Crippen LogP contribution in [0.4, 0.5) is 0 Å². The topological polar surface area (TPSA) is 26.3 Å². The molecule has 0 fully saturated rings. The van der Waals surface area contributed by atoms with Gasteiger partial charge in [-0.15, -0.1) is 0 Å². The predicted molar refractivity (Wildman–Crippen MR) is 132 cm³/mol. The van der Waals surface area contributed by atoms with Gasteiger partial charge in [0.15, 0.2) is 0 Å². The summed E-state index contributed by atoms with van der Waals surface area (Å²) in [5.74, 6) is -0.264. The van der Waals surface area contributed by atoms with E-state index in [1.165, 1.54) is 134 Å². The fourth-order valence-corrected chi connectivity index (χ4v) is 8.67. The summed E-state index contributed by atoms with van der Waals surface area (Å²) in [6.45, 7) is 10.4. The van der Waals surface area contributed by atoms with Gasteiger partial charge >= 0.3 is 0 Å². The SMILES string of the molecule is [CH2]C(=O)O[Si](CCCCCCCC)(CCCCCCCC)CCCCCCCC. The fraction of sp³-hybridized carbons (Fsp3) is 0.923. The van der Waals surface area contributed by atoms with E-state index in [-0.39, 0.29) is 5.97 Å². The number of hydrogen-bond donors (Lipinski definition) is 0. The van der Waals surface area contributed by atoms with Gasteiger partial charge in [-0.2, -0.15) is 0 Å². The van der Waals surface area contributed by atoms with Gasteiger partial charge in [0.2, 0.25) is 0 Å². The molecule has 0 atom stereocenters. The van der Waals surface area contributed by atoms with E-state index in [0.717, 1.165) is 0 Å². The van der Waals surface area contributed by atoms with Crippen molar-refractivity contribution in [1.82, 2.24) is 0 Å². The van der Waals surface area contributed by atoms with Crippen LogP contribution < -0.4 is 0 Å². The van der Waals surface area contributed by atoms with Crippen LogP contribution in [0.5, 0.6) is 0 Å². The van der Waals surface area contributed by atoms with Crippen molar-refractivity contribution in [1.29, 1.82) is 0 Å². The minimum atomic E-state index is -1.98. The smallest absolute Gasteiger partial charge is 0.293 e. The molecule has 0 spiro atoms. The quantitative estimate of drug-likeness (QED) is 0.127. The highest BCUT2D eigenvalue weighted by Gasteiger charge is 2.36. The lowest BCUT2D eigenvalue weighted by Gasteiger charge is -2.31. The maximum absolute atomic E-state index is 11.9. The number of unbranched alkanes of at least 4 members (excludes halogenated alkanes) is 15. The lowest BCUT2D eigenvalue weighted by molar-refractivity contribution is -0.130. The molecule has 3 heteroatoms. The number of hydrogen-bond acceptors (Lipinski definition) is 2. The molecule has 0 rings (SSSR count). The van der Waals surface area contributed by atoms with Gasteiger partial charge in [0.05, 0.1) is 6.92 Å². The first-order valence-corrected chi connectivity index (χ1v) is 15.7. The minimum absolute atomic E-state index is 0.264. The number of carbonyl (C=O) groups is 1. The first kappa shape index (κ1) is 28.7. The fourth-order valence-electron chi connectivity index (χ4n) is 4.45. The first-order chi connectivity index (χ1) is 14.1. The zero-order valence-corrected chi connectivity index (χ0v) is 21.4. The summed E-state index contributed by atoms with van der Waals surface area (Å²) >= 11 is 0. The molecule has 0 bridgehead atoms. The molecule has 0 saturated carbocycles. The average Bonchev–Trinajstić information content (AvgIpc) is 2.69. The molecule has 1 radical (unpaired) electrons. The summed E-state index contributed by atoms with van der Waals surface area (Å²) in [4.78, 5) is 11.9. The zero-order valence-electron chi connectivity index (χ0n) is 20.4. The Morgan fingerprint density at radius 3 is 1.10 bits per heavy atom. The van der Waals surface area contributed by atoms with E-state index in [0.29, 0.717) is 0 Å². The van der Waals surface area contributed by atoms with Gasteiger partial charge in [0.25, 0.3) is 14.3 Å². The van der Waals surface area contributed by atoms with Crippen LogP contribution in [0.3, 0.4) is 0 Å². The second-order valence-electron chi connectivity index (χ2n) is 9.21. The second-order valence-corrected chi connectivity index (χ2v) is 13.3. The largest absolute Gasteiger partial charge is 0.519 e. The van der Waals surface area contributed by atoms with Crippen LogP contribution in [0.1, 0.15) is 136 Å². The highest BCUT2D eigenvalue weighted by molar-refractivity contribution is 6.75. The van der Waals surface area contributed by atoms with Crippen molar-refractivity contribution in [2.24, 2.45) is 0 Å². The van der Waals surface area contributed by atoms with E-state index in [1.54, 1.807) is 0 Å². The lowest BCUT2D eigenvalue weighted by atomic mass is 10.1. The number of carbonyl (C=O) groups excluding carboxylic acids is 1. The lowest BCUT2D eigenvalue weighted by Crippen LogP contribution is -2.40. The molecule has 0 aromatic carbocycles. The van der Waals surface area contributed by atoms with E-state index in [9.17, 15) is 4.79 Å². The van der Waals surface area contributed by atoms with Gasteiger partial charge in [-0.1, -0.05) is 136 Å². The van der Waals surface area contributed by atoms with Crippen molar-refractivity contribution in [2.75, 3.05) is 0 Å². The summed E-state index contributed by atoms with van der Waals surface area (Å²) in [5.41, 5.74) is 0. The molecule has 0 aliphatic rings. The molecule has 0 unspecified atom stereocenters.